The molecule has 1 aromatic rings. The van der Waals surface area contributed by atoms with Crippen LogP contribution in [0.15, 0.2) is 24.3 Å². The van der Waals surface area contributed by atoms with E-state index in [4.69, 9.17) is 10.00 Å². The molecular formula is C13H15NO3. The van der Waals surface area contributed by atoms with Gasteiger partial charge < -0.3 is 9.47 Å². The second-order valence-corrected chi connectivity index (χ2v) is 3.91. The van der Waals surface area contributed by atoms with E-state index in [9.17, 15) is 4.79 Å². The molecule has 0 N–H and O–H groups in total. The van der Waals surface area contributed by atoms with Crippen LogP contribution in [0.25, 0.3) is 0 Å². The van der Waals surface area contributed by atoms with E-state index in [1.165, 1.54) is 7.11 Å². The maximum atomic E-state index is 11.5. The Balaban J connectivity index is 2.94. The Labute approximate surface area is 101 Å². The summed E-state index contributed by atoms with van der Waals surface area (Å²) in [5, 5.41) is 8.92. The predicted molar refractivity (Wildman–Crippen MR) is 62.4 cm³/mol. The van der Waals surface area contributed by atoms with Gasteiger partial charge in [-0.25, -0.2) is 4.79 Å². The van der Waals surface area contributed by atoms with Crippen LogP contribution in [0.4, 0.5) is 0 Å². The summed E-state index contributed by atoms with van der Waals surface area (Å²) in [5.41, 5.74) is 0.405. The highest BCUT2D eigenvalue weighted by atomic mass is 16.6. The van der Waals surface area contributed by atoms with E-state index < -0.39 is 12.1 Å². The zero-order valence-electron chi connectivity index (χ0n) is 10.1. The molecule has 4 nitrogen and oxygen atoms in total. The number of carbonyl (C=O) groups is 1. The molecule has 0 spiro atoms. The van der Waals surface area contributed by atoms with Crippen molar-refractivity contribution in [2.24, 2.45) is 5.92 Å². The van der Waals surface area contributed by atoms with Crippen LogP contribution in [0, 0.1) is 17.2 Å². The van der Waals surface area contributed by atoms with Gasteiger partial charge in [0.2, 0.25) is 0 Å². The molecule has 0 aliphatic rings. The van der Waals surface area contributed by atoms with Crippen LogP contribution in [0.1, 0.15) is 19.4 Å². The van der Waals surface area contributed by atoms with Gasteiger partial charge in [-0.15, -0.1) is 0 Å². The van der Waals surface area contributed by atoms with Crippen molar-refractivity contribution in [3.8, 4) is 11.8 Å². The Kier molecular flexibility index (Phi) is 4.53. The molecular weight excluding hydrogens is 218 g/mol. The SMILES string of the molecule is COC(=O)[C@@H](Oc1ccccc1C#N)C(C)C. The van der Waals surface area contributed by atoms with Crippen LogP contribution >= 0.6 is 0 Å². The number of rotatable bonds is 4. The minimum absolute atomic E-state index is 0.0331. The summed E-state index contributed by atoms with van der Waals surface area (Å²) in [6.45, 7) is 3.72. The van der Waals surface area contributed by atoms with Crippen molar-refractivity contribution in [2.75, 3.05) is 7.11 Å². The Morgan fingerprint density at radius 1 is 1.35 bits per heavy atom. The minimum Gasteiger partial charge on any atom is -0.477 e. The summed E-state index contributed by atoms with van der Waals surface area (Å²) in [4.78, 5) is 11.5. The highest BCUT2D eigenvalue weighted by Crippen LogP contribution is 2.21. The van der Waals surface area contributed by atoms with Crippen LogP contribution in [0.3, 0.4) is 0 Å². The van der Waals surface area contributed by atoms with Crippen molar-refractivity contribution in [3.05, 3.63) is 29.8 Å². The lowest BCUT2D eigenvalue weighted by Crippen LogP contribution is -2.33. The zero-order valence-corrected chi connectivity index (χ0v) is 10.1. The van der Waals surface area contributed by atoms with Gasteiger partial charge >= 0.3 is 5.97 Å². The number of nitrogens with zero attached hydrogens (tertiary/aromatic N) is 1. The quantitative estimate of drug-likeness (QED) is 0.747. The van der Waals surface area contributed by atoms with Gasteiger partial charge in [-0.05, 0) is 12.1 Å². The van der Waals surface area contributed by atoms with Gasteiger partial charge in [0.15, 0.2) is 6.10 Å². The van der Waals surface area contributed by atoms with E-state index in [-0.39, 0.29) is 5.92 Å². The monoisotopic (exact) mass is 233 g/mol. The fourth-order valence-electron chi connectivity index (χ4n) is 1.37. The molecule has 4 heteroatoms. The number of methoxy groups -OCH3 is 1. The molecule has 0 radical (unpaired) electrons. The van der Waals surface area contributed by atoms with Gasteiger partial charge in [-0.3, -0.25) is 0 Å². The van der Waals surface area contributed by atoms with Crippen LogP contribution in [0.5, 0.6) is 5.75 Å². The summed E-state index contributed by atoms with van der Waals surface area (Å²) in [5.74, 6) is -0.0685. The van der Waals surface area contributed by atoms with Crippen LogP contribution < -0.4 is 4.74 Å². The van der Waals surface area contributed by atoms with Gasteiger partial charge in [-0.2, -0.15) is 5.26 Å². The number of hydrogen-bond acceptors (Lipinski definition) is 4. The number of esters is 1. The third-order valence-corrected chi connectivity index (χ3v) is 2.30. The Bertz CT molecular complexity index is 435. The number of carbonyl (C=O) groups excluding carboxylic acids is 1. The van der Waals surface area contributed by atoms with Crippen LogP contribution in [0.2, 0.25) is 0 Å². The van der Waals surface area contributed by atoms with Crippen molar-refractivity contribution < 1.29 is 14.3 Å². The normalized spacial score (nSPS) is 11.7. The van der Waals surface area contributed by atoms with Gasteiger partial charge in [0.25, 0.3) is 0 Å². The average molecular weight is 233 g/mol. The molecule has 1 aromatic carbocycles. The van der Waals surface area contributed by atoms with E-state index in [1.54, 1.807) is 24.3 Å². The molecule has 1 rings (SSSR count). The zero-order chi connectivity index (χ0) is 12.8. The number of benzene rings is 1. The molecule has 0 fully saturated rings. The Morgan fingerprint density at radius 2 is 2.00 bits per heavy atom. The third-order valence-electron chi connectivity index (χ3n) is 2.30. The van der Waals surface area contributed by atoms with E-state index in [1.807, 2.05) is 19.9 Å². The van der Waals surface area contributed by atoms with E-state index in [2.05, 4.69) is 4.74 Å². The smallest absolute Gasteiger partial charge is 0.347 e. The van der Waals surface area contributed by atoms with Crippen molar-refractivity contribution in [3.63, 3.8) is 0 Å². The molecule has 0 heterocycles. The lowest BCUT2D eigenvalue weighted by atomic mass is 10.1. The second kappa shape index (κ2) is 5.90. The van der Waals surface area contributed by atoms with Crippen molar-refractivity contribution in [1.29, 1.82) is 5.26 Å². The summed E-state index contributed by atoms with van der Waals surface area (Å²) in [7, 11) is 1.32. The Hall–Kier alpha value is -2.02. The standard InChI is InChI=1S/C13H15NO3/c1-9(2)12(13(15)16-3)17-11-7-5-4-6-10(11)8-14/h4-7,9,12H,1-3H3/t12-/m0/s1. The fourth-order valence-corrected chi connectivity index (χ4v) is 1.37. The van der Waals surface area contributed by atoms with E-state index in [0.717, 1.165) is 0 Å². The first-order valence-corrected chi connectivity index (χ1v) is 5.33. The second-order valence-electron chi connectivity index (χ2n) is 3.91. The van der Waals surface area contributed by atoms with Crippen LogP contribution in [-0.4, -0.2) is 19.2 Å². The molecule has 0 unspecified atom stereocenters. The van der Waals surface area contributed by atoms with Gasteiger partial charge in [0, 0.05) is 5.92 Å². The van der Waals surface area contributed by atoms with E-state index in [0.29, 0.717) is 11.3 Å². The molecule has 17 heavy (non-hydrogen) atoms. The molecule has 90 valence electrons. The molecule has 0 aliphatic carbocycles. The van der Waals surface area contributed by atoms with Gasteiger partial charge in [-0.1, -0.05) is 26.0 Å². The molecule has 0 aliphatic heterocycles. The average Bonchev–Trinajstić information content (AvgIpc) is 2.35. The van der Waals surface area contributed by atoms with Gasteiger partial charge in [0.1, 0.15) is 11.8 Å². The molecule has 0 saturated heterocycles. The molecule has 0 amide bonds. The summed E-state index contributed by atoms with van der Waals surface area (Å²) in [6.07, 6.45) is -0.700. The topological polar surface area (TPSA) is 59.3 Å². The molecule has 0 bridgehead atoms. The molecule has 0 aromatic heterocycles. The van der Waals surface area contributed by atoms with E-state index >= 15 is 0 Å². The number of ether oxygens (including phenoxy) is 2. The minimum atomic E-state index is -0.700. The summed E-state index contributed by atoms with van der Waals surface area (Å²) < 4.78 is 10.2. The van der Waals surface area contributed by atoms with Crippen molar-refractivity contribution in [1.82, 2.24) is 0 Å². The number of nitriles is 1. The maximum Gasteiger partial charge on any atom is 0.347 e. The highest BCUT2D eigenvalue weighted by Gasteiger charge is 2.25. The summed E-state index contributed by atoms with van der Waals surface area (Å²) in [6, 6.07) is 8.82. The third kappa shape index (κ3) is 3.22. The van der Waals surface area contributed by atoms with Gasteiger partial charge in [0.05, 0.1) is 12.7 Å². The Morgan fingerprint density at radius 3 is 2.53 bits per heavy atom. The summed E-state index contributed by atoms with van der Waals surface area (Å²) >= 11 is 0. The maximum absolute atomic E-state index is 11.5. The fraction of sp³-hybridized carbons (Fsp3) is 0.385. The number of para-hydroxylation sites is 1. The molecule has 0 saturated carbocycles. The first-order valence-electron chi connectivity index (χ1n) is 5.33. The first-order chi connectivity index (χ1) is 8.10. The van der Waals surface area contributed by atoms with Crippen LogP contribution in [-0.2, 0) is 9.53 Å². The highest BCUT2D eigenvalue weighted by molar-refractivity contribution is 5.75. The number of hydrogen-bond donors (Lipinski definition) is 0. The largest absolute Gasteiger partial charge is 0.477 e. The first kappa shape index (κ1) is 13.0. The lowest BCUT2D eigenvalue weighted by Gasteiger charge is -2.20. The van der Waals surface area contributed by atoms with Crippen molar-refractivity contribution in [2.45, 2.75) is 20.0 Å². The predicted octanol–water partition coefficient (Wildman–Crippen LogP) is 2.13. The molecule has 1 atom stereocenters. The lowest BCUT2D eigenvalue weighted by molar-refractivity contribution is -0.150. The van der Waals surface area contributed by atoms with Crippen molar-refractivity contribution >= 4 is 5.97 Å².